The van der Waals surface area contributed by atoms with E-state index in [0.717, 1.165) is 23.8 Å². The number of aliphatic hydroxyl groups excluding tert-OH is 1. The molecule has 0 radical (unpaired) electrons. The van der Waals surface area contributed by atoms with Gasteiger partial charge in [-0.25, -0.2) is 4.98 Å². The lowest BCUT2D eigenvalue weighted by Crippen LogP contribution is -2.45. The van der Waals surface area contributed by atoms with Crippen LogP contribution in [-0.4, -0.2) is 46.1 Å². The number of fused-ring (bicyclic) bond motifs is 1. The maximum atomic E-state index is 12.4. The molecule has 2 aliphatic heterocycles. The molecule has 1 fully saturated rings. The van der Waals surface area contributed by atoms with Gasteiger partial charge in [-0.2, -0.15) is 0 Å². The zero-order chi connectivity index (χ0) is 14.3. The zero-order valence-electron chi connectivity index (χ0n) is 11.9. The summed E-state index contributed by atoms with van der Waals surface area (Å²) in [7, 11) is 0. The van der Waals surface area contributed by atoms with Gasteiger partial charge in [0.25, 0.3) is 0 Å². The number of hydrogen-bond donors (Lipinski definition) is 2. The number of aromatic nitrogens is 1. The molecular formula is C14H21N3O3. The van der Waals surface area contributed by atoms with Gasteiger partial charge < -0.3 is 19.7 Å². The Labute approximate surface area is 118 Å². The number of nitrogens with zero attached hydrogens (tertiary/aromatic N) is 2. The van der Waals surface area contributed by atoms with Crippen LogP contribution in [0.1, 0.15) is 43.5 Å². The quantitative estimate of drug-likeness (QED) is 0.819. The van der Waals surface area contributed by atoms with Crippen molar-refractivity contribution in [3.05, 3.63) is 17.3 Å². The van der Waals surface area contributed by atoms with E-state index in [1.165, 1.54) is 0 Å². The maximum absolute atomic E-state index is 12.4. The third-order valence-electron chi connectivity index (χ3n) is 3.96. The second kappa shape index (κ2) is 5.18. The van der Waals surface area contributed by atoms with Gasteiger partial charge in [-0.3, -0.25) is 4.79 Å². The van der Waals surface area contributed by atoms with Crippen LogP contribution in [0.15, 0.2) is 4.42 Å². The van der Waals surface area contributed by atoms with Gasteiger partial charge in [-0.05, 0) is 6.42 Å². The number of oxazole rings is 1. The Bertz CT molecular complexity index is 512. The van der Waals surface area contributed by atoms with Crippen LogP contribution in [0.2, 0.25) is 0 Å². The predicted molar refractivity (Wildman–Crippen MR) is 72.1 cm³/mol. The molecule has 1 aromatic heterocycles. The van der Waals surface area contributed by atoms with Crippen molar-refractivity contribution < 1.29 is 14.3 Å². The monoisotopic (exact) mass is 279 g/mol. The van der Waals surface area contributed by atoms with Crippen molar-refractivity contribution >= 4 is 5.91 Å². The molecule has 6 heteroatoms. The first-order chi connectivity index (χ1) is 9.54. The lowest BCUT2D eigenvalue weighted by atomic mass is 10.1. The first-order valence-corrected chi connectivity index (χ1v) is 7.23. The lowest BCUT2D eigenvalue weighted by molar-refractivity contribution is -0.134. The molecule has 0 bridgehead atoms. The van der Waals surface area contributed by atoms with Crippen LogP contribution in [0.25, 0.3) is 0 Å². The Hall–Kier alpha value is -1.40. The van der Waals surface area contributed by atoms with Crippen molar-refractivity contribution in [1.82, 2.24) is 15.2 Å². The Kier molecular flexibility index (Phi) is 3.52. The first-order valence-electron chi connectivity index (χ1n) is 7.23. The number of carbonyl (C=O) groups is 1. The highest BCUT2D eigenvalue weighted by atomic mass is 16.4. The van der Waals surface area contributed by atoms with Gasteiger partial charge in [0.1, 0.15) is 11.5 Å². The summed E-state index contributed by atoms with van der Waals surface area (Å²) in [5.74, 6) is 1.98. The van der Waals surface area contributed by atoms with E-state index in [1.54, 1.807) is 0 Å². The highest BCUT2D eigenvalue weighted by Gasteiger charge is 2.34. The van der Waals surface area contributed by atoms with E-state index in [-0.39, 0.29) is 17.9 Å². The normalized spacial score (nSPS) is 26.1. The number of amides is 1. The molecule has 2 N–H and O–H groups in total. The summed E-state index contributed by atoms with van der Waals surface area (Å²) in [5, 5.41) is 12.6. The van der Waals surface area contributed by atoms with Crippen LogP contribution in [0, 0.1) is 0 Å². The van der Waals surface area contributed by atoms with Gasteiger partial charge in [0.2, 0.25) is 5.91 Å². The summed E-state index contributed by atoms with van der Waals surface area (Å²) in [6.45, 7) is 5.76. The molecule has 0 unspecified atom stereocenters. The number of hydrogen-bond acceptors (Lipinski definition) is 5. The van der Waals surface area contributed by atoms with Crippen LogP contribution in [-0.2, 0) is 17.8 Å². The Morgan fingerprint density at radius 2 is 2.35 bits per heavy atom. The predicted octanol–water partition coefficient (Wildman–Crippen LogP) is 0.406. The van der Waals surface area contributed by atoms with Crippen molar-refractivity contribution in [3.63, 3.8) is 0 Å². The number of rotatable bonds is 2. The highest BCUT2D eigenvalue weighted by molar-refractivity contribution is 5.82. The molecule has 2 atom stereocenters. The molecule has 20 heavy (non-hydrogen) atoms. The summed E-state index contributed by atoms with van der Waals surface area (Å²) >= 11 is 0. The molecule has 3 rings (SSSR count). The molecule has 0 aromatic carbocycles. The van der Waals surface area contributed by atoms with E-state index in [1.807, 2.05) is 18.7 Å². The van der Waals surface area contributed by atoms with Crippen LogP contribution >= 0.6 is 0 Å². The number of nitrogens with one attached hydrogen (secondary N) is 1. The van der Waals surface area contributed by atoms with Crippen LogP contribution in [0.5, 0.6) is 0 Å². The van der Waals surface area contributed by atoms with Gasteiger partial charge in [-0.1, -0.05) is 13.8 Å². The molecule has 3 heterocycles. The average molecular weight is 279 g/mol. The van der Waals surface area contributed by atoms with Crippen molar-refractivity contribution in [2.24, 2.45) is 0 Å². The molecule has 0 saturated carbocycles. The fourth-order valence-electron chi connectivity index (χ4n) is 2.78. The van der Waals surface area contributed by atoms with Crippen molar-refractivity contribution in [2.75, 3.05) is 13.1 Å². The fraction of sp³-hybridized carbons (Fsp3) is 0.714. The molecule has 1 saturated heterocycles. The maximum Gasteiger partial charge on any atom is 0.240 e. The first kappa shape index (κ1) is 13.6. The van der Waals surface area contributed by atoms with Gasteiger partial charge in [0.15, 0.2) is 5.89 Å². The van der Waals surface area contributed by atoms with Crippen LogP contribution in [0.3, 0.4) is 0 Å². The molecular weight excluding hydrogens is 258 g/mol. The Morgan fingerprint density at radius 1 is 1.55 bits per heavy atom. The van der Waals surface area contributed by atoms with Crippen LogP contribution < -0.4 is 5.32 Å². The number of carbonyl (C=O) groups excluding carboxylic acids is 1. The smallest absolute Gasteiger partial charge is 0.240 e. The van der Waals surface area contributed by atoms with Gasteiger partial charge in [0, 0.05) is 25.4 Å². The molecule has 110 valence electrons. The van der Waals surface area contributed by atoms with Gasteiger partial charge >= 0.3 is 0 Å². The minimum absolute atomic E-state index is 0.0568. The Balaban J connectivity index is 1.70. The number of β-amino-alcohol motifs (C(OH)–C–C–N with tert-alkyl or cyclic N) is 1. The number of aliphatic hydroxyl groups is 1. The fourth-order valence-corrected chi connectivity index (χ4v) is 2.78. The molecule has 0 spiro atoms. The van der Waals surface area contributed by atoms with E-state index in [0.29, 0.717) is 26.1 Å². The second-order valence-corrected chi connectivity index (χ2v) is 5.94. The minimum atomic E-state index is -0.413. The minimum Gasteiger partial charge on any atom is -0.445 e. The van der Waals surface area contributed by atoms with E-state index in [9.17, 15) is 9.90 Å². The molecule has 6 nitrogen and oxygen atoms in total. The molecule has 1 amide bonds. The second-order valence-electron chi connectivity index (χ2n) is 5.94. The topological polar surface area (TPSA) is 78.6 Å². The van der Waals surface area contributed by atoms with Gasteiger partial charge in [-0.15, -0.1) is 0 Å². The van der Waals surface area contributed by atoms with Gasteiger partial charge in [0.05, 0.1) is 18.7 Å². The highest BCUT2D eigenvalue weighted by Crippen LogP contribution is 2.24. The lowest BCUT2D eigenvalue weighted by Gasteiger charge is -2.27. The third-order valence-corrected chi connectivity index (χ3v) is 3.96. The van der Waals surface area contributed by atoms with E-state index < -0.39 is 6.10 Å². The van der Waals surface area contributed by atoms with Crippen molar-refractivity contribution in [2.45, 2.75) is 51.3 Å². The summed E-state index contributed by atoms with van der Waals surface area (Å²) in [4.78, 5) is 18.7. The largest absolute Gasteiger partial charge is 0.445 e. The van der Waals surface area contributed by atoms with Crippen LogP contribution in [0.4, 0.5) is 0 Å². The summed E-state index contributed by atoms with van der Waals surface area (Å²) in [6.07, 6.45) is 0.804. The Morgan fingerprint density at radius 3 is 3.00 bits per heavy atom. The molecule has 0 aliphatic carbocycles. The zero-order valence-corrected chi connectivity index (χ0v) is 11.9. The van der Waals surface area contributed by atoms with Crippen molar-refractivity contribution in [3.8, 4) is 0 Å². The summed E-state index contributed by atoms with van der Waals surface area (Å²) in [6, 6.07) is -0.261. The average Bonchev–Trinajstić information content (AvgIpc) is 3.02. The van der Waals surface area contributed by atoms with E-state index >= 15 is 0 Å². The summed E-state index contributed by atoms with van der Waals surface area (Å²) < 4.78 is 5.73. The van der Waals surface area contributed by atoms with Crippen molar-refractivity contribution in [1.29, 1.82) is 0 Å². The molecule has 2 aliphatic rings. The molecule has 1 aromatic rings. The van der Waals surface area contributed by atoms with E-state index in [2.05, 4.69) is 10.3 Å². The van der Waals surface area contributed by atoms with E-state index in [4.69, 9.17) is 4.42 Å². The summed E-state index contributed by atoms with van der Waals surface area (Å²) in [5.41, 5.74) is 0.881. The standard InChI is InChI=1S/C14H21N3O3/c1-8(2)13-16-11-7-17(4-3-12(11)20-13)14(19)10-5-9(18)6-15-10/h8-10,15,18H,3-7H2,1-2H3/t9-,10-/m1/s1. The third kappa shape index (κ3) is 2.45. The SMILES string of the molecule is CC(C)c1nc2c(o1)CCN(C(=O)[C@H]1C[C@@H](O)CN1)C2.